The topological polar surface area (TPSA) is 29.3 Å². The van der Waals surface area contributed by atoms with Crippen LogP contribution >= 0.6 is 15.9 Å². The molecule has 1 aliphatic carbocycles. The Hall–Kier alpha value is -0.540. The molecule has 0 aliphatic heterocycles. The fourth-order valence-corrected chi connectivity index (χ4v) is 3.43. The summed E-state index contributed by atoms with van der Waals surface area (Å²) in [5, 5.41) is 0. The van der Waals surface area contributed by atoms with Crippen molar-refractivity contribution in [3.63, 3.8) is 0 Å². The average molecular weight is 311 g/mol. The van der Waals surface area contributed by atoms with Crippen LogP contribution in [0.4, 0.5) is 5.69 Å². The van der Waals surface area contributed by atoms with Crippen molar-refractivity contribution in [3.05, 3.63) is 28.2 Å². The van der Waals surface area contributed by atoms with Gasteiger partial charge in [0.15, 0.2) is 0 Å². The highest BCUT2D eigenvalue weighted by Gasteiger charge is 2.19. The molecule has 18 heavy (non-hydrogen) atoms. The zero-order valence-corrected chi connectivity index (χ0v) is 12.9. The third-order valence-electron chi connectivity index (χ3n) is 4.00. The zero-order valence-electron chi connectivity index (χ0n) is 11.3. The molecule has 1 aliphatic rings. The molecule has 1 aromatic rings. The highest BCUT2D eigenvalue weighted by atomic mass is 79.9. The zero-order chi connectivity index (χ0) is 13.1. The minimum atomic E-state index is 0.0929. The molecular formula is C15H23BrN2. The molecule has 0 heterocycles. The molecule has 2 N–H and O–H groups in total. The lowest BCUT2D eigenvalue weighted by Crippen LogP contribution is -2.33. The van der Waals surface area contributed by atoms with E-state index in [4.69, 9.17) is 5.73 Å². The van der Waals surface area contributed by atoms with Crippen molar-refractivity contribution in [1.29, 1.82) is 0 Å². The molecule has 2 rings (SSSR count). The monoisotopic (exact) mass is 310 g/mol. The van der Waals surface area contributed by atoms with Crippen LogP contribution in [0, 0.1) is 0 Å². The van der Waals surface area contributed by atoms with Crippen LogP contribution in [0.1, 0.15) is 50.6 Å². The van der Waals surface area contributed by atoms with E-state index in [1.54, 1.807) is 0 Å². The van der Waals surface area contributed by atoms with Gasteiger partial charge in [-0.25, -0.2) is 0 Å². The van der Waals surface area contributed by atoms with E-state index in [2.05, 4.69) is 46.1 Å². The van der Waals surface area contributed by atoms with Crippen LogP contribution in [-0.4, -0.2) is 13.1 Å². The van der Waals surface area contributed by atoms with Gasteiger partial charge >= 0.3 is 0 Å². The Morgan fingerprint density at radius 2 is 1.94 bits per heavy atom. The molecule has 3 heteroatoms. The predicted molar refractivity (Wildman–Crippen MR) is 82.0 cm³/mol. The number of nitrogens with two attached hydrogens (primary N) is 1. The molecule has 0 aromatic heterocycles. The lowest BCUT2D eigenvalue weighted by Gasteiger charge is -2.33. The van der Waals surface area contributed by atoms with E-state index in [1.807, 2.05) is 6.92 Å². The first kappa shape index (κ1) is 13.9. The van der Waals surface area contributed by atoms with Crippen LogP contribution in [0.15, 0.2) is 22.7 Å². The Bertz CT molecular complexity index is 397. The summed E-state index contributed by atoms with van der Waals surface area (Å²) in [5.74, 6) is 0. The van der Waals surface area contributed by atoms with Crippen molar-refractivity contribution in [2.24, 2.45) is 5.73 Å². The van der Waals surface area contributed by atoms with Gasteiger partial charge in [0, 0.05) is 23.6 Å². The van der Waals surface area contributed by atoms with Gasteiger partial charge in [-0.3, -0.25) is 0 Å². The van der Waals surface area contributed by atoms with Gasteiger partial charge in [-0.2, -0.15) is 0 Å². The van der Waals surface area contributed by atoms with Gasteiger partial charge < -0.3 is 10.6 Å². The van der Waals surface area contributed by atoms with Gasteiger partial charge in [-0.05, 0) is 53.4 Å². The summed E-state index contributed by atoms with van der Waals surface area (Å²) in [6.07, 6.45) is 6.76. The standard InChI is InChI=1S/C15H23BrN2/c1-11(17)12-8-9-15(14(16)10-12)18(2)13-6-4-3-5-7-13/h8-11,13H,3-7,17H2,1-2H3. The molecule has 0 radical (unpaired) electrons. The first-order valence-electron chi connectivity index (χ1n) is 6.87. The number of halogens is 1. The molecule has 1 saturated carbocycles. The Balaban J connectivity index is 2.16. The largest absolute Gasteiger partial charge is 0.371 e. The highest BCUT2D eigenvalue weighted by Crippen LogP contribution is 2.32. The first-order chi connectivity index (χ1) is 8.59. The van der Waals surface area contributed by atoms with E-state index in [1.165, 1.54) is 43.4 Å². The number of rotatable bonds is 3. The van der Waals surface area contributed by atoms with Crippen molar-refractivity contribution in [2.75, 3.05) is 11.9 Å². The normalized spacial score (nSPS) is 18.7. The molecule has 1 atom stereocenters. The minimum Gasteiger partial charge on any atom is -0.371 e. The fraction of sp³-hybridized carbons (Fsp3) is 0.600. The fourth-order valence-electron chi connectivity index (χ4n) is 2.76. The van der Waals surface area contributed by atoms with Crippen molar-refractivity contribution in [1.82, 2.24) is 0 Å². The maximum Gasteiger partial charge on any atom is 0.0510 e. The summed E-state index contributed by atoms with van der Waals surface area (Å²) in [6.45, 7) is 2.02. The maximum absolute atomic E-state index is 5.92. The average Bonchev–Trinajstić information content (AvgIpc) is 2.38. The first-order valence-corrected chi connectivity index (χ1v) is 7.66. The molecular weight excluding hydrogens is 288 g/mol. The van der Waals surface area contributed by atoms with Crippen molar-refractivity contribution >= 4 is 21.6 Å². The third kappa shape index (κ3) is 3.07. The van der Waals surface area contributed by atoms with Gasteiger partial charge in [-0.1, -0.05) is 25.3 Å². The maximum atomic E-state index is 5.92. The number of anilines is 1. The third-order valence-corrected chi connectivity index (χ3v) is 4.64. The van der Waals surface area contributed by atoms with Gasteiger partial charge in [0.2, 0.25) is 0 Å². The van der Waals surface area contributed by atoms with Crippen LogP contribution in [0.25, 0.3) is 0 Å². The van der Waals surface area contributed by atoms with E-state index in [-0.39, 0.29) is 6.04 Å². The second kappa shape index (κ2) is 6.07. The van der Waals surface area contributed by atoms with Crippen LogP contribution in [-0.2, 0) is 0 Å². The lowest BCUT2D eigenvalue weighted by atomic mass is 9.94. The SMILES string of the molecule is CC(N)c1ccc(N(C)C2CCCCC2)c(Br)c1. The lowest BCUT2D eigenvalue weighted by molar-refractivity contribution is 0.427. The molecule has 0 bridgehead atoms. The Kier molecular flexibility index (Phi) is 4.68. The molecule has 1 aromatic carbocycles. The van der Waals surface area contributed by atoms with Gasteiger partial charge in [0.05, 0.1) is 5.69 Å². The Morgan fingerprint density at radius 3 is 2.50 bits per heavy atom. The van der Waals surface area contributed by atoms with Gasteiger partial charge in [0.25, 0.3) is 0 Å². The molecule has 1 unspecified atom stereocenters. The van der Waals surface area contributed by atoms with Gasteiger partial charge in [-0.15, -0.1) is 0 Å². The predicted octanol–water partition coefficient (Wildman–Crippen LogP) is 4.24. The van der Waals surface area contributed by atoms with E-state index >= 15 is 0 Å². The highest BCUT2D eigenvalue weighted by molar-refractivity contribution is 9.10. The van der Waals surface area contributed by atoms with E-state index < -0.39 is 0 Å². The summed E-state index contributed by atoms with van der Waals surface area (Å²) >= 11 is 3.69. The Labute approximate surface area is 119 Å². The quantitative estimate of drug-likeness (QED) is 0.905. The van der Waals surface area contributed by atoms with Crippen molar-refractivity contribution in [2.45, 2.75) is 51.1 Å². The summed E-state index contributed by atoms with van der Waals surface area (Å²) in [7, 11) is 2.21. The summed E-state index contributed by atoms with van der Waals surface area (Å²) in [4.78, 5) is 2.42. The Morgan fingerprint density at radius 1 is 1.28 bits per heavy atom. The second-order valence-electron chi connectivity index (χ2n) is 5.40. The van der Waals surface area contributed by atoms with Crippen LogP contribution < -0.4 is 10.6 Å². The second-order valence-corrected chi connectivity index (χ2v) is 6.26. The molecule has 1 fully saturated rings. The molecule has 100 valence electrons. The molecule has 0 spiro atoms. The van der Waals surface area contributed by atoms with Crippen LogP contribution in [0.5, 0.6) is 0 Å². The van der Waals surface area contributed by atoms with E-state index in [0.717, 1.165) is 4.47 Å². The van der Waals surface area contributed by atoms with Crippen LogP contribution in [0.3, 0.4) is 0 Å². The van der Waals surface area contributed by atoms with E-state index in [0.29, 0.717) is 6.04 Å². The number of hydrogen-bond acceptors (Lipinski definition) is 2. The number of benzene rings is 1. The number of hydrogen-bond donors (Lipinski definition) is 1. The minimum absolute atomic E-state index is 0.0929. The van der Waals surface area contributed by atoms with E-state index in [9.17, 15) is 0 Å². The van der Waals surface area contributed by atoms with Crippen LogP contribution in [0.2, 0.25) is 0 Å². The van der Waals surface area contributed by atoms with Gasteiger partial charge in [0.1, 0.15) is 0 Å². The molecule has 0 saturated heterocycles. The van der Waals surface area contributed by atoms with Crippen molar-refractivity contribution < 1.29 is 0 Å². The smallest absolute Gasteiger partial charge is 0.0510 e. The molecule has 2 nitrogen and oxygen atoms in total. The summed E-state index contributed by atoms with van der Waals surface area (Å²) in [6, 6.07) is 7.27. The molecule has 0 amide bonds. The summed E-state index contributed by atoms with van der Waals surface area (Å²) < 4.78 is 1.16. The number of nitrogens with zero attached hydrogens (tertiary/aromatic N) is 1. The summed E-state index contributed by atoms with van der Waals surface area (Å²) in [5.41, 5.74) is 8.38. The van der Waals surface area contributed by atoms with Crippen molar-refractivity contribution in [3.8, 4) is 0 Å².